The third-order valence-electron chi connectivity index (χ3n) is 3.15. The van der Waals surface area contributed by atoms with E-state index in [1.54, 1.807) is 12.1 Å². The fourth-order valence-electron chi connectivity index (χ4n) is 2.09. The van der Waals surface area contributed by atoms with E-state index >= 15 is 0 Å². The molecule has 2 aromatic rings. The van der Waals surface area contributed by atoms with Crippen LogP contribution in [0.3, 0.4) is 0 Å². The Bertz CT molecular complexity index is 531. The number of halogens is 2. The molecule has 0 bridgehead atoms. The zero-order valence-electron chi connectivity index (χ0n) is 10.9. The minimum Gasteiger partial charge on any atom is -0.327 e. The largest absolute Gasteiger partial charge is 0.327 e. The highest BCUT2D eigenvalue weighted by atomic mass is 35.5. The summed E-state index contributed by atoms with van der Waals surface area (Å²) in [5.74, 6) is -0.285. The number of hydrogen-bond donors (Lipinski definition) is 1. The maximum absolute atomic E-state index is 13.7. The molecule has 0 aliphatic heterocycles. The Morgan fingerprint density at radius 3 is 2.42 bits per heavy atom. The van der Waals surface area contributed by atoms with Gasteiger partial charge in [-0.25, -0.2) is 4.39 Å². The molecule has 2 aromatic carbocycles. The second-order valence-corrected chi connectivity index (χ2v) is 5.26. The molecule has 100 valence electrons. The van der Waals surface area contributed by atoms with Gasteiger partial charge in [0.1, 0.15) is 5.82 Å². The average Bonchev–Trinajstić information content (AvgIpc) is 2.37. The van der Waals surface area contributed by atoms with Gasteiger partial charge in [-0.15, -0.1) is 0 Å². The molecule has 1 nitrogen and oxygen atoms in total. The summed E-state index contributed by atoms with van der Waals surface area (Å²) < 4.78 is 13.7. The highest BCUT2D eigenvalue weighted by molar-refractivity contribution is 6.31. The summed E-state index contributed by atoms with van der Waals surface area (Å²) >= 11 is 6.00. The van der Waals surface area contributed by atoms with Crippen molar-refractivity contribution in [3.8, 4) is 0 Å². The van der Waals surface area contributed by atoms with Gasteiger partial charge >= 0.3 is 0 Å². The van der Waals surface area contributed by atoms with Gasteiger partial charge in [-0.2, -0.15) is 0 Å². The van der Waals surface area contributed by atoms with Crippen LogP contribution in [0.15, 0.2) is 42.5 Å². The van der Waals surface area contributed by atoms with Gasteiger partial charge in [0.15, 0.2) is 0 Å². The van der Waals surface area contributed by atoms with Gasteiger partial charge in [-0.3, -0.25) is 0 Å². The lowest BCUT2D eigenvalue weighted by molar-refractivity contribution is 0.584. The van der Waals surface area contributed by atoms with Crippen LogP contribution in [-0.2, 0) is 12.8 Å². The maximum atomic E-state index is 13.7. The summed E-state index contributed by atoms with van der Waals surface area (Å²) in [5, 5.41) is 0.444. The van der Waals surface area contributed by atoms with E-state index in [9.17, 15) is 4.39 Å². The molecule has 0 aliphatic rings. The van der Waals surface area contributed by atoms with Crippen LogP contribution in [0, 0.1) is 12.7 Å². The summed E-state index contributed by atoms with van der Waals surface area (Å²) in [4.78, 5) is 0. The molecule has 0 saturated carbocycles. The number of nitrogens with two attached hydrogens (primary N) is 1. The van der Waals surface area contributed by atoms with Crippen molar-refractivity contribution in [2.24, 2.45) is 5.73 Å². The molecule has 1 unspecified atom stereocenters. The Balaban J connectivity index is 2.05. The van der Waals surface area contributed by atoms with Crippen LogP contribution < -0.4 is 5.73 Å². The number of aryl methyl sites for hydroxylation is 1. The van der Waals surface area contributed by atoms with Crippen molar-refractivity contribution in [1.29, 1.82) is 0 Å². The quantitative estimate of drug-likeness (QED) is 0.901. The molecule has 0 aromatic heterocycles. The van der Waals surface area contributed by atoms with Crippen molar-refractivity contribution in [2.75, 3.05) is 0 Å². The molecule has 0 spiro atoms. The number of benzene rings is 2. The normalized spacial score (nSPS) is 12.4. The summed E-state index contributed by atoms with van der Waals surface area (Å²) in [5.41, 5.74) is 8.97. The van der Waals surface area contributed by atoms with Crippen molar-refractivity contribution in [3.63, 3.8) is 0 Å². The molecular weight excluding hydrogens is 261 g/mol. The van der Waals surface area contributed by atoms with Crippen LogP contribution in [0.1, 0.15) is 16.7 Å². The van der Waals surface area contributed by atoms with E-state index in [0.717, 1.165) is 5.56 Å². The van der Waals surface area contributed by atoms with Crippen LogP contribution in [-0.4, -0.2) is 6.04 Å². The van der Waals surface area contributed by atoms with E-state index in [2.05, 4.69) is 24.3 Å². The first-order valence-electron chi connectivity index (χ1n) is 6.30. The van der Waals surface area contributed by atoms with Gasteiger partial charge in [0.2, 0.25) is 0 Å². The first kappa shape index (κ1) is 14.0. The summed E-state index contributed by atoms with van der Waals surface area (Å²) in [6.07, 6.45) is 1.16. The zero-order chi connectivity index (χ0) is 13.8. The smallest absolute Gasteiger partial charge is 0.127 e. The van der Waals surface area contributed by atoms with Crippen LogP contribution in [0.4, 0.5) is 4.39 Å². The van der Waals surface area contributed by atoms with Gasteiger partial charge in [-0.1, -0.05) is 47.5 Å². The lowest BCUT2D eigenvalue weighted by atomic mass is 9.99. The van der Waals surface area contributed by atoms with Crippen LogP contribution >= 0.6 is 11.6 Å². The van der Waals surface area contributed by atoms with Crippen molar-refractivity contribution in [3.05, 3.63) is 70.0 Å². The Kier molecular flexibility index (Phi) is 4.56. The van der Waals surface area contributed by atoms with Crippen molar-refractivity contribution >= 4 is 11.6 Å². The Morgan fingerprint density at radius 2 is 1.79 bits per heavy atom. The van der Waals surface area contributed by atoms with E-state index < -0.39 is 0 Å². The predicted octanol–water partition coefficient (Wildman–Crippen LogP) is 3.90. The monoisotopic (exact) mass is 277 g/mol. The lowest BCUT2D eigenvalue weighted by Gasteiger charge is -2.13. The fourth-order valence-corrected chi connectivity index (χ4v) is 2.33. The van der Waals surface area contributed by atoms with Crippen LogP contribution in [0.5, 0.6) is 0 Å². The molecule has 0 amide bonds. The molecule has 2 rings (SSSR count). The van der Waals surface area contributed by atoms with Crippen molar-refractivity contribution in [2.45, 2.75) is 25.8 Å². The minimum atomic E-state index is -0.285. The highest BCUT2D eigenvalue weighted by Crippen LogP contribution is 2.21. The molecule has 0 fully saturated rings. The Hall–Kier alpha value is -1.38. The van der Waals surface area contributed by atoms with Crippen molar-refractivity contribution in [1.82, 2.24) is 0 Å². The summed E-state index contributed by atoms with van der Waals surface area (Å²) in [6.45, 7) is 2.04. The average molecular weight is 278 g/mol. The van der Waals surface area contributed by atoms with E-state index in [-0.39, 0.29) is 11.9 Å². The molecule has 0 aliphatic carbocycles. The highest BCUT2D eigenvalue weighted by Gasteiger charge is 2.12. The zero-order valence-corrected chi connectivity index (χ0v) is 11.6. The van der Waals surface area contributed by atoms with E-state index in [1.807, 2.05) is 6.92 Å². The lowest BCUT2D eigenvalue weighted by Crippen LogP contribution is -2.26. The molecule has 0 saturated heterocycles. The maximum Gasteiger partial charge on any atom is 0.127 e. The second-order valence-electron chi connectivity index (χ2n) is 4.85. The Morgan fingerprint density at radius 1 is 1.11 bits per heavy atom. The third-order valence-corrected chi connectivity index (χ3v) is 3.50. The Labute approximate surface area is 118 Å². The van der Waals surface area contributed by atoms with Gasteiger partial charge in [0, 0.05) is 16.6 Å². The van der Waals surface area contributed by atoms with Crippen LogP contribution in [0.2, 0.25) is 5.02 Å². The van der Waals surface area contributed by atoms with Crippen molar-refractivity contribution < 1.29 is 4.39 Å². The molecule has 0 heterocycles. The molecular formula is C16H17ClFN. The second kappa shape index (κ2) is 6.18. The fraction of sp³-hybridized carbons (Fsp3) is 0.250. The summed E-state index contributed by atoms with van der Waals surface area (Å²) in [6, 6.07) is 12.8. The van der Waals surface area contributed by atoms with Crippen LogP contribution in [0.25, 0.3) is 0 Å². The van der Waals surface area contributed by atoms with Gasteiger partial charge in [0.25, 0.3) is 0 Å². The topological polar surface area (TPSA) is 26.0 Å². The van der Waals surface area contributed by atoms with E-state index in [1.165, 1.54) is 11.6 Å². The SMILES string of the molecule is Cc1ccc(CC(N)Cc2c(F)cccc2Cl)cc1. The summed E-state index contributed by atoms with van der Waals surface area (Å²) in [7, 11) is 0. The molecule has 2 N–H and O–H groups in total. The van der Waals surface area contributed by atoms with E-state index in [4.69, 9.17) is 17.3 Å². The number of hydrogen-bond acceptors (Lipinski definition) is 1. The molecule has 0 radical (unpaired) electrons. The standard InChI is InChI=1S/C16H17ClFN/c1-11-5-7-12(8-6-11)9-13(19)10-14-15(17)3-2-4-16(14)18/h2-8,13H,9-10,19H2,1H3. The number of rotatable bonds is 4. The van der Waals surface area contributed by atoms with Gasteiger partial charge in [0.05, 0.1) is 0 Å². The van der Waals surface area contributed by atoms with E-state index in [0.29, 0.717) is 23.4 Å². The predicted molar refractivity (Wildman–Crippen MR) is 78.0 cm³/mol. The first-order valence-corrected chi connectivity index (χ1v) is 6.68. The molecule has 19 heavy (non-hydrogen) atoms. The first-order chi connectivity index (χ1) is 9.06. The molecule has 3 heteroatoms. The third kappa shape index (κ3) is 3.79. The minimum absolute atomic E-state index is 0.142. The van der Waals surface area contributed by atoms with Gasteiger partial charge < -0.3 is 5.73 Å². The molecule has 1 atom stereocenters. The van der Waals surface area contributed by atoms with Gasteiger partial charge in [-0.05, 0) is 37.5 Å².